The largest absolute Gasteiger partial charge is 0.386 e. The molecule has 0 aliphatic carbocycles. The predicted molar refractivity (Wildman–Crippen MR) is 45.1 cm³/mol. The maximum atomic E-state index is 10.1. The predicted octanol–water partition coefficient (Wildman–Crippen LogP) is 1.48. The van der Waals surface area contributed by atoms with Gasteiger partial charge in [-0.1, -0.05) is 13.0 Å². The lowest BCUT2D eigenvalue weighted by Crippen LogP contribution is -2.23. The van der Waals surface area contributed by atoms with Crippen molar-refractivity contribution in [3.63, 3.8) is 0 Å². The van der Waals surface area contributed by atoms with Crippen LogP contribution in [0, 0.1) is 5.92 Å². The van der Waals surface area contributed by atoms with E-state index in [4.69, 9.17) is 0 Å². The van der Waals surface area contributed by atoms with Gasteiger partial charge in [-0.2, -0.15) is 0 Å². The fourth-order valence-corrected chi connectivity index (χ4v) is 1.30. The number of nitrogens with one attached hydrogen (secondary N) is 1. The summed E-state index contributed by atoms with van der Waals surface area (Å²) in [6, 6.07) is 0.539. The zero-order valence-corrected chi connectivity index (χ0v) is 7.13. The van der Waals surface area contributed by atoms with Crippen LogP contribution < -0.4 is 5.32 Å². The third-order valence-corrected chi connectivity index (χ3v) is 2.20. The van der Waals surface area contributed by atoms with Crippen molar-refractivity contribution in [3.8, 4) is 0 Å². The van der Waals surface area contributed by atoms with Crippen LogP contribution in [-0.2, 0) is 4.79 Å². The summed E-state index contributed by atoms with van der Waals surface area (Å²) < 4.78 is 0. The van der Waals surface area contributed by atoms with Crippen molar-refractivity contribution in [2.75, 3.05) is 0 Å². The smallest absolute Gasteiger partial charge is 0.120 e. The highest BCUT2D eigenvalue weighted by Crippen LogP contribution is 2.18. The second-order valence-corrected chi connectivity index (χ2v) is 3.19. The van der Waals surface area contributed by atoms with Crippen LogP contribution in [0.15, 0.2) is 11.8 Å². The summed E-state index contributed by atoms with van der Waals surface area (Å²) >= 11 is 0. The zero-order chi connectivity index (χ0) is 8.27. The molecule has 1 aliphatic heterocycles. The summed E-state index contributed by atoms with van der Waals surface area (Å²) in [7, 11) is 0. The van der Waals surface area contributed by atoms with Crippen LogP contribution in [-0.4, -0.2) is 12.3 Å². The van der Waals surface area contributed by atoms with E-state index in [-0.39, 0.29) is 0 Å². The van der Waals surface area contributed by atoms with Crippen LogP contribution >= 0.6 is 0 Å². The van der Waals surface area contributed by atoms with Gasteiger partial charge in [-0.25, -0.2) is 0 Å². The summed E-state index contributed by atoms with van der Waals surface area (Å²) in [4.78, 5) is 10.1. The molecule has 11 heavy (non-hydrogen) atoms. The van der Waals surface area contributed by atoms with Crippen molar-refractivity contribution in [2.45, 2.75) is 32.7 Å². The molecule has 0 saturated carbocycles. The number of carbonyl (C=O) groups excluding carboxylic acids is 1. The molecule has 2 heteroatoms. The second kappa shape index (κ2) is 3.56. The number of carbonyl (C=O) groups is 1. The Morgan fingerprint density at radius 2 is 2.36 bits per heavy atom. The van der Waals surface area contributed by atoms with Crippen molar-refractivity contribution in [3.05, 3.63) is 11.8 Å². The molecule has 0 fully saturated rings. The van der Waals surface area contributed by atoms with Gasteiger partial charge in [0.05, 0.1) is 0 Å². The van der Waals surface area contributed by atoms with E-state index >= 15 is 0 Å². The molecule has 0 aromatic heterocycles. The standard InChI is InChI=1S/C9H15NO/c1-7-6-9(4-3-5-11)10-8(7)2/h5-8,10H,3-4H2,1-2H3. The summed E-state index contributed by atoms with van der Waals surface area (Å²) in [5.74, 6) is 0.608. The van der Waals surface area contributed by atoms with Gasteiger partial charge in [-0.05, 0) is 19.3 Å². The Morgan fingerprint density at radius 3 is 2.82 bits per heavy atom. The summed E-state index contributed by atoms with van der Waals surface area (Å²) in [6.07, 6.45) is 4.70. The van der Waals surface area contributed by atoms with E-state index in [2.05, 4.69) is 25.2 Å². The minimum Gasteiger partial charge on any atom is -0.386 e. The summed E-state index contributed by atoms with van der Waals surface area (Å²) in [6.45, 7) is 4.35. The highest BCUT2D eigenvalue weighted by atomic mass is 16.1. The van der Waals surface area contributed by atoms with E-state index in [9.17, 15) is 4.79 Å². The molecule has 0 amide bonds. The Labute approximate surface area is 67.7 Å². The highest BCUT2D eigenvalue weighted by molar-refractivity contribution is 5.49. The molecule has 1 aliphatic rings. The number of rotatable bonds is 3. The molecule has 0 aromatic carbocycles. The molecular formula is C9H15NO. The molecule has 0 saturated heterocycles. The fraction of sp³-hybridized carbons (Fsp3) is 0.667. The van der Waals surface area contributed by atoms with Crippen LogP contribution in [0.25, 0.3) is 0 Å². The van der Waals surface area contributed by atoms with E-state index < -0.39 is 0 Å². The Morgan fingerprint density at radius 1 is 1.64 bits per heavy atom. The lowest BCUT2D eigenvalue weighted by molar-refractivity contribution is -0.107. The molecule has 1 heterocycles. The van der Waals surface area contributed by atoms with Gasteiger partial charge in [-0.15, -0.1) is 0 Å². The van der Waals surface area contributed by atoms with Gasteiger partial charge in [0, 0.05) is 18.2 Å². The van der Waals surface area contributed by atoms with Crippen molar-refractivity contribution in [1.29, 1.82) is 0 Å². The van der Waals surface area contributed by atoms with Crippen LogP contribution in [0.2, 0.25) is 0 Å². The molecule has 2 nitrogen and oxygen atoms in total. The summed E-state index contributed by atoms with van der Waals surface area (Å²) in [5.41, 5.74) is 1.23. The normalized spacial score (nSPS) is 29.5. The van der Waals surface area contributed by atoms with Crippen molar-refractivity contribution < 1.29 is 4.79 Å². The fourth-order valence-electron chi connectivity index (χ4n) is 1.30. The van der Waals surface area contributed by atoms with Gasteiger partial charge >= 0.3 is 0 Å². The van der Waals surface area contributed by atoms with Gasteiger partial charge in [0.15, 0.2) is 0 Å². The molecule has 62 valence electrons. The third kappa shape index (κ3) is 2.07. The molecule has 2 atom stereocenters. The number of aldehydes is 1. The topological polar surface area (TPSA) is 29.1 Å². The van der Waals surface area contributed by atoms with Crippen LogP contribution in [0.3, 0.4) is 0 Å². The maximum absolute atomic E-state index is 10.1. The SMILES string of the molecule is CC1C=C(CCC=O)NC1C. The van der Waals surface area contributed by atoms with E-state index in [1.807, 2.05) is 0 Å². The average Bonchev–Trinajstić information content (AvgIpc) is 2.28. The molecular weight excluding hydrogens is 138 g/mol. The van der Waals surface area contributed by atoms with Crippen LogP contribution in [0.4, 0.5) is 0 Å². The molecule has 0 aromatic rings. The zero-order valence-electron chi connectivity index (χ0n) is 7.13. The number of allylic oxidation sites excluding steroid dienone is 1. The highest BCUT2D eigenvalue weighted by Gasteiger charge is 2.17. The van der Waals surface area contributed by atoms with Crippen molar-refractivity contribution in [1.82, 2.24) is 5.32 Å². The van der Waals surface area contributed by atoms with E-state index in [0.29, 0.717) is 18.4 Å². The van der Waals surface area contributed by atoms with E-state index in [1.165, 1.54) is 5.70 Å². The lowest BCUT2D eigenvalue weighted by atomic mass is 10.1. The molecule has 1 N–H and O–H groups in total. The maximum Gasteiger partial charge on any atom is 0.120 e. The first-order valence-electron chi connectivity index (χ1n) is 4.15. The minimum atomic E-state index is 0.539. The lowest BCUT2D eigenvalue weighted by Gasteiger charge is -2.10. The first-order valence-corrected chi connectivity index (χ1v) is 4.15. The molecule has 0 spiro atoms. The first kappa shape index (κ1) is 8.31. The third-order valence-electron chi connectivity index (χ3n) is 2.20. The molecule has 2 unspecified atom stereocenters. The Hall–Kier alpha value is -0.790. The van der Waals surface area contributed by atoms with E-state index in [0.717, 1.165) is 12.7 Å². The quantitative estimate of drug-likeness (QED) is 0.622. The summed E-state index contributed by atoms with van der Waals surface area (Å²) in [5, 5.41) is 3.34. The van der Waals surface area contributed by atoms with Crippen molar-refractivity contribution in [2.24, 2.45) is 5.92 Å². The monoisotopic (exact) mass is 153 g/mol. The van der Waals surface area contributed by atoms with E-state index in [1.54, 1.807) is 0 Å². The van der Waals surface area contributed by atoms with Crippen LogP contribution in [0.5, 0.6) is 0 Å². The van der Waals surface area contributed by atoms with Crippen LogP contribution in [0.1, 0.15) is 26.7 Å². The Kier molecular flexibility index (Phi) is 2.69. The average molecular weight is 153 g/mol. The van der Waals surface area contributed by atoms with Gasteiger partial charge in [0.25, 0.3) is 0 Å². The van der Waals surface area contributed by atoms with Gasteiger partial charge in [0.1, 0.15) is 6.29 Å². The van der Waals surface area contributed by atoms with Gasteiger partial charge < -0.3 is 10.1 Å². The molecule has 1 rings (SSSR count). The second-order valence-electron chi connectivity index (χ2n) is 3.19. The number of hydrogen-bond donors (Lipinski definition) is 1. The van der Waals surface area contributed by atoms with Crippen molar-refractivity contribution >= 4 is 6.29 Å². The van der Waals surface area contributed by atoms with Gasteiger partial charge in [0.2, 0.25) is 0 Å². The number of hydrogen-bond acceptors (Lipinski definition) is 2. The Balaban J connectivity index is 2.37. The first-order chi connectivity index (χ1) is 5.24. The molecule has 0 radical (unpaired) electrons. The Bertz CT molecular complexity index is 174. The molecule has 0 bridgehead atoms. The minimum absolute atomic E-state index is 0.539. The van der Waals surface area contributed by atoms with Gasteiger partial charge in [-0.3, -0.25) is 0 Å².